The maximum absolute atomic E-state index is 13.4. The average molecular weight is 666 g/mol. The summed E-state index contributed by atoms with van der Waals surface area (Å²) in [5.41, 5.74) is 1.92. The monoisotopic (exact) mass is 663 g/mol. The van der Waals surface area contributed by atoms with Crippen molar-refractivity contribution in [3.05, 3.63) is 101 Å². The van der Waals surface area contributed by atoms with Crippen molar-refractivity contribution in [2.45, 2.75) is 32.8 Å². The van der Waals surface area contributed by atoms with Gasteiger partial charge in [-0.05, 0) is 91.9 Å². The number of unbranched alkanes of at least 4 members (excludes halogenated alkanes) is 1. The van der Waals surface area contributed by atoms with Crippen molar-refractivity contribution in [2.75, 3.05) is 0 Å². The lowest BCUT2D eigenvalue weighted by molar-refractivity contribution is 0.301. The van der Waals surface area contributed by atoms with Crippen molar-refractivity contribution in [2.24, 2.45) is 5.10 Å². The lowest BCUT2D eigenvalue weighted by atomic mass is 10.2. The molecule has 0 amide bonds. The first-order valence-corrected chi connectivity index (χ1v) is 13.4. The van der Waals surface area contributed by atoms with Crippen LogP contribution in [0.3, 0.4) is 0 Å². The molecular weight excluding hydrogens is 645 g/mol. The van der Waals surface area contributed by atoms with Gasteiger partial charge in [-0.15, -0.1) is 0 Å². The minimum Gasteiger partial charge on any atom is -0.487 e. The molecule has 4 rings (SSSR count). The van der Waals surface area contributed by atoms with E-state index in [1.54, 1.807) is 24.4 Å². The smallest absolute Gasteiger partial charge is 0.282 e. The lowest BCUT2D eigenvalue weighted by Gasteiger charge is -2.12. The Balaban J connectivity index is 1.64. The Morgan fingerprint density at radius 3 is 2.57 bits per heavy atom. The maximum Gasteiger partial charge on any atom is 0.282 e. The van der Waals surface area contributed by atoms with E-state index < -0.39 is 0 Å². The van der Waals surface area contributed by atoms with Gasteiger partial charge in [-0.2, -0.15) is 9.78 Å². The van der Waals surface area contributed by atoms with Crippen LogP contribution in [0.1, 0.15) is 36.7 Å². The number of aromatic nitrogens is 2. The summed E-state index contributed by atoms with van der Waals surface area (Å²) in [4.78, 5) is 17.9. The van der Waals surface area contributed by atoms with Crippen LogP contribution in [0.2, 0.25) is 0 Å². The van der Waals surface area contributed by atoms with Crippen molar-refractivity contribution >= 4 is 64.9 Å². The highest BCUT2D eigenvalue weighted by Crippen LogP contribution is 2.35. The predicted molar refractivity (Wildman–Crippen MR) is 148 cm³/mol. The fourth-order valence-electron chi connectivity index (χ4n) is 3.51. The molecule has 0 saturated heterocycles. The fraction of sp³-hybridized carbons (Fsp3) is 0.192. The number of aryl methyl sites for hydroxylation is 1. The molecule has 0 bridgehead atoms. The number of fused-ring (bicyclic) bond motifs is 1. The van der Waals surface area contributed by atoms with Gasteiger partial charge in [0.25, 0.3) is 5.56 Å². The molecule has 0 spiro atoms. The van der Waals surface area contributed by atoms with Crippen LogP contribution < -0.4 is 10.3 Å². The van der Waals surface area contributed by atoms with E-state index in [1.807, 2.05) is 24.3 Å². The summed E-state index contributed by atoms with van der Waals surface area (Å²) >= 11 is 10.5. The van der Waals surface area contributed by atoms with Gasteiger partial charge in [-0.25, -0.2) is 9.37 Å². The van der Waals surface area contributed by atoms with E-state index in [-0.39, 0.29) is 18.0 Å². The fourth-order valence-corrected chi connectivity index (χ4v) is 5.32. The third-order valence-electron chi connectivity index (χ3n) is 5.24. The zero-order chi connectivity index (χ0) is 24.9. The minimum absolute atomic E-state index is 0.216. The number of hydrogen-bond donors (Lipinski definition) is 0. The van der Waals surface area contributed by atoms with Crippen LogP contribution in [-0.4, -0.2) is 15.9 Å². The van der Waals surface area contributed by atoms with Crippen molar-refractivity contribution < 1.29 is 9.13 Å². The van der Waals surface area contributed by atoms with Crippen molar-refractivity contribution in [3.8, 4) is 5.75 Å². The summed E-state index contributed by atoms with van der Waals surface area (Å²) in [6.45, 7) is 2.31. The summed E-state index contributed by atoms with van der Waals surface area (Å²) in [7, 11) is 0. The molecular formula is C26H21Br3FN3O2. The molecule has 0 aliphatic rings. The van der Waals surface area contributed by atoms with Crippen molar-refractivity contribution in [1.82, 2.24) is 9.66 Å². The molecule has 0 N–H and O–H groups in total. The zero-order valence-corrected chi connectivity index (χ0v) is 23.5. The van der Waals surface area contributed by atoms with E-state index in [0.29, 0.717) is 37.8 Å². The molecule has 1 heterocycles. The summed E-state index contributed by atoms with van der Waals surface area (Å²) in [5.74, 6) is 0.903. The van der Waals surface area contributed by atoms with Crippen LogP contribution >= 0.6 is 47.8 Å². The van der Waals surface area contributed by atoms with Crippen LogP contribution in [0.5, 0.6) is 5.75 Å². The predicted octanol–water partition coefficient (Wildman–Crippen LogP) is 7.63. The molecule has 5 nitrogen and oxygen atoms in total. The second kappa shape index (κ2) is 11.6. The molecule has 0 radical (unpaired) electrons. The number of nitrogens with zero attached hydrogens (tertiary/aromatic N) is 3. The molecule has 180 valence electrons. The van der Waals surface area contributed by atoms with E-state index in [1.165, 1.54) is 16.8 Å². The van der Waals surface area contributed by atoms with Crippen molar-refractivity contribution in [1.29, 1.82) is 0 Å². The van der Waals surface area contributed by atoms with Gasteiger partial charge in [0.2, 0.25) is 0 Å². The number of ether oxygens (including phenoxy) is 1. The molecule has 3 aromatic carbocycles. The number of benzene rings is 3. The largest absolute Gasteiger partial charge is 0.487 e. The number of hydrogen-bond acceptors (Lipinski definition) is 4. The van der Waals surface area contributed by atoms with E-state index in [2.05, 4.69) is 59.8 Å². The number of halogens is 4. The molecule has 9 heteroatoms. The standard InChI is InChI=1S/C26H21Br3FN3O2/c1-2-3-7-24-32-23-9-8-18(27)13-20(23)26(34)33(24)31-14-17-11-21(28)25(22(29)12-17)35-15-16-5-4-6-19(30)10-16/h4-6,8-14H,2-3,7,15H2,1H3. The summed E-state index contributed by atoms with van der Waals surface area (Å²) in [6, 6.07) is 15.4. The van der Waals surface area contributed by atoms with Crippen LogP contribution in [0.15, 0.2) is 77.9 Å². The van der Waals surface area contributed by atoms with Gasteiger partial charge in [0.1, 0.15) is 24.0 Å². The molecule has 4 aromatic rings. The summed E-state index contributed by atoms with van der Waals surface area (Å²) in [6.07, 6.45) is 4.15. The van der Waals surface area contributed by atoms with E-state index in [9.17, 15) is 9.18 Å². The van der Waals surface area contributed by atoms with Gasteiger partial charge in [-0.1, -0.05) is 41.4 Å². The van der Waals surface area contributed by atoms with Gasteiger partial charge in [0.15, 0.2) is 0 Å². The maximum atomic E-state index is 13.4. The Bertz CT molecular complexity index is 1450. The van der Waals surface area contributed by atoms with Gasteiger partial charge in [0.05, 0.1) is 26.1 Å². The molecule has 35 heavy (non-hydrogen) atoms. The molecule has 1 aromatic heterocycles. The quantitative estimate of drug-likeness (QED) is 0.182. The summed E-state index contributed by atoms with van der Waals surface area (Å²) < 4.78 is 22.9. The Kier molecular flexibility index (Phi) is 8.51. The van der Waals surface area contributed by atoms with Crippen LogP contribution in [0.25, 0.3) is 10.9 Å². The van der Waals surface area contributed by atoms with Gasteiger partial charge in [0, 0.05) is 10.9 Å². The molecule has 0 atom stereocenters. The van der Waals surface area contributed by atoms with Crippen molar-refractivity contribution in [3.63, 3.8) is 0 Å². The highest BCUT2D eigenvalue weighted by molar-refractivity contribution is 9.11. The molecule has 0 aliphatic heterocycles. The van der Waals surface area contributed by atoms with Crippen LogP contribution in [0.4, 0.5) is 4.39 Å². The summed E-state index contributed by atoms with van der Waals surface area (Å²) in [5, 5.41) is 5.00. The Morgan fingerprint density at radius 1 is 1.09 bits per heavy atom. The first kappa shape index (κ1) is 25.7. The first-order chi connectivity index (χ1) is 16.9. The highest BCUT2D eigenvalue weighted by atomic mass is 79.9. The minimum atomic E-state index is -0.306. The van der Waals surface area contributed by atoms with Crippen LogP contribution in [-0.2, 0) is 13.0 Å². The first-order valence-electron chi connectivity index (χ1n) is 11.0. The van der Waals surface area contributed by atoms with Gasteiger partial charge < -0.3 is 4.74 Å². The van der Waals surface area contributed by atoms with E-state index >= 15 is 0 Å². The average Bonchev–Trinajstić information content (AvgIpc) is 2.82. The topological polar surface area (TPSA) is 56.5 Å². The van der Waals surface area contributed by atoms with Gasteiger partial charge >= 0.3 is 0 Å². The molecule has 0 saturated carbocycles. The van der Waals surface area contributed by atoms with E-state index in [0.717, 1.165) is 28.4 Å². The zero-order valence-electron chi connectivity index (χ0n) is 18.8. The number of rotatable bonds is 8. The lowest BCUT2D eigenvalue weighted by Crippen LogP contribution is -2.22. The highest BCUT2D eigenvalue weighted by Gasteiger charge is 2.12. The molecule has 0 fully saturated rings. The second-order valence-electron chi connectivity index (χ2n) is 7.89. The molecule has 0 unspecified atom stereocenters. The normalized spacial score (nSPS) is 11.5. The Labute approximate surface area is 227 Å². The third-order valence-corrected chi connectivity index (χ3v) is 6.92. The van der Waals surface area contributed by atoms with Crippen LogP contribution in [0, 0.1) is 5.82 Å². The van der Waals surface area contributed by atoms with Gasteiger partial charge in [-0.3, -0.25) is 4.79 Å². The SMILES string of the molecule is CCCCc1nc2ccc(Br)cc2c(=O)n1N=Cc1cc(Br)c(OCc2cccc(F)c2)c(Br)c1. The Morgan fingerprint density at radius 2 is 1.86 bits per heavy atom. The second-order valence-corrected chi connectivity index (χ2v) is 10.5. The molecule has 0 aliphatic carbocycles. The van der Waals surface area contributed by atoms with E-state index in [4.69, 9.17) is 9.72 Å². The Hall–Kier alpha value is -2.36. The third kappa shape index (κ3) is 6.26.